The SMILES string of the molecule is COC(=O)c1cc(OCC2(NC(=O)OC(C)(C)C)CC2)ccc1C. The van der Waals surface area contributed by atoms with Gasteiger partial charge in [-0.3, -0.25) is 0 Å². The van der Waals surface area contributed by atoms with E-state index in [9.17, 15) is 9.59 Å². The monoisotopic (exact) mass is 335 g/mol. The normalized spacial score (nSPS) is 15.4. The molecule has 132 valence electrons. The molecule has 24 heavy (non-hydrogen) atoms. The molecular formula is C18H25NO5. The van der Waals surface area contributed by atoms with E-state index in [-0.39, 0.29) is 0 Å². The van der Waals surface area contributed by atoms with E-state index < -0.39 is 23.2 Å². The molecule has 0 radical (unpaired) electrons. The van der Waals surface area contributed by atoms with Crippen LogP contribution in [-0.2, 0) is 9.47 Å². The molecule has 0 heterocycles. The number of alkyl carbamates (subject to hydrolysis) is 1. The lowest BCUT2D eigenvalue weighted by molar-refractivity contribution is 0.0476. The van der Waals surface area contributed by atoms with E-state index in [1.165, 1.54) is 7.11 Å². The summed E-state index contributed by atoms with van der Waals surface area (Å²) in [5.41, 5.74) is 0.369. The molecule has 1 saturated carbocycles. The number of rotatable bonds is 5. The van der Waals surface area contributed by atoms with Crippen LogP contribution in [0.3, 0.4) is 0 Å². The molecule has 1 aliphatic rings. The summed E-state index contributed by atoms with van der Waals surface area (Å²) in [6.45, 7) is 7.63. The minimum absolute atomic E-state index is 0.329. The lowest BCUT2D eigenvalue weighted by Crippen LogP contribution is -2.44. The average Bonchev–Trinajstić information content (AvgIpc) is 3.23. The maximum absolute atomic E-state index is 11.9. The molecule has 1 aliphatic carbocycles. The second-order valence-electron chi connectivity index (χ2n) is 7.16. The van der Waals surface area contributed by atoms with Crippen molar-refractivity contribution in [3.63, 3.8) is 0 Å². The van der Waals surface area contributed by atoms with Gasteiger partial charge in [-0.05, 0) is 58.2 Å². The Bertz CT molecular complexity index is 629. The van der Waals surface area contributed by atoms with Gasteiger partial charge in [0.1, 0.15) is 18.0 Å². The molecule has 0 unspecified atom stereocenters. The van der Waals surface area contributed by atoms with Crippen LogP contribution in [0, 0.1) is 6.92 Å². The molecule has 6 nitrogen and oxygen atoms in total. The number of aryl methyl sites for hydroxylation is 1. The van der Waals surface area contributed by atoms with Crippen molar-refractivity contribution < 1.29 is 23.8 Å². The Kier molecular flexibility index (Phi) is 5.06. The first-order valence-corrected chi connectivity index (χ1v) is 7.97. The predicted molar refractivity (Wildman–Crippen MR) is 89.3 cm³/mol. The molecule has 1 N–H and O–H groups in total. The second kappa shape index (κ2) is 6.71. The quantitative estimate of drug-likeness (QED) is 0.836. The van der Waals surface area contributed by atoms with Gasteiger partial charge in [-0.1, -0.05) is 6.07 Å². The Morgan fingerprint density at radius 3 is 2.46 bits per heavy atom. The summed E-state index contributed by atoms with van der Waals surface area (Å²) >= 11 is 0. The van der Waals surface area contributed by atoms with Crippen LogP contribution in [0.15, 0.2) is 18.2 Å². The van der Waals surface area contributed by atoms with Gasteiger partial charge < -0.3 is 19.5 Å². The fourth-order valence-electron chi connectivity index (χ4n) is 2.22. The largest absolute Gasteiger partial charge is 0.491 e. The van der Waals surface area contributed by atoms with Gasteiger partial charge in [0.25, 0.3) is 0 Å². The first-order chi connectivity index (χ1) is 11.1. The number of hydrogen-bond donors (Lipinski definition) is 1. The summed E-state index contributed by atoms with van der Waals surface area (Å²) in [4.78, 5) is 23.6. The Hall–Kier alpha value is -2.24. The smallest absolute Gasteiger partial charge is 0.408 e. The number of ether oxygens (including phenoxy) is 3. The van der Waals surface area contributed by atoms with Crippen LogP contribution < -0.4 is 10.1 Å². The van der Waals surface area contributed by atoms with Crippen molar-refractivity contribution in [1.29, 1.82) is 0 Å². The van der Waals surface area contributed by atoms with Crippen molar-refractivity contribution in [3.05, 3.63) is 29.3 Å². The van der Waals surface area contributed by atoms with Crippen molar-refractivity contribution in [1.82, 2.24) is 5.32 Å². The number of esters is 1. The number of benzene rings is 1. The third kappa shape index (κ3) is 4.88. The Morgan fingerprint density at radius 1 is 1.25 bits per heavy atom. The van der Waals surface area contributed by atoms with Gasteiger partial charge in [-0.15, -0.1) is 0 Å². The molecule has 1 aromatic carbocycles. The van der Waals surface area contributed by atoms with Gasteiger partial charge in [0.05, 0.1) is 18.2 Å². The van der Waals surface area contributed by atoms with Crippen molar-refractivity contribution >= 4 is 12.1 Å². The highest BCUT2D eigenvalue weighted by molar-refractivity contribution is 5.91. The maximum atomic E-state index is 11.9. The van der Waals surface area contributed by atoms with E-state index in [4.69, 9.17) is 14.2 Å². The van der Waals surface area contributed by atoms with Crippen molar-refractivity contribution in [2.24, 2.45) is 0 Å². The zero-order chi connectivity index (χ0) is 18.0. The molecule has 1 amide bonds. The van der Waals surface area contributed by atoms with Crippen LogP contribution in [0.2, 0.25) is 0 Å². The molecule has 1 fully saturated rings. The van der Waals surface area contributed by atoms with Gasteiger partial charge in [-0.2, -0.15) is 0 Å². The standard InChI is InChI=1S/C18H25NO5/c1-12-6-7-13(10-14(12)15(20)22-5)23-11-18(8-9-18)19-16(21)24-17(2,3)4/h6-7,10H,8-9,11H2,1-5H3,(H,19,21). The van der Waals surface area contributed by atoms with Gasteiger partial charge in [0.2, 0.25) is 0 Å². The molecular weight excluding hydrogens is 310 g/mol. The second-order valence-corrected chi connectivity index (χ2v) is 7.16. The topological polar surface area (TPSA) is 73.9 Å². The van der Waals surface area contributed by atoms with Crippen molar-refractivity contribution in [2.75, 3.05) is 13.7 Å². The van der Waals surface area contributed by atoms with Crippen molar-refractivity contribution in [2.45, 2.75) is 51.7 Å². The molecule has 0 aliphatic heterocycles. The highest BCUT2D eigenvalue weighted by Gasteiger charge is 2.46. The van der Waals surface area contributed by atoms with E-state index in [0.717, 1.165) is 18.4 Å². The molecule has 6 heteroatoms. The van der Waals surface area contributed by atoms with Crippen LogP contribution in [0.1, 0.15) is 49.5 Å². The zero-order valence-corrected chi connectivity index (χ0v) is 14.9. The highest BCUT2D eigenvalue weighted by Crippen LogP contribution is 2.36. The molecule has 2 rings (SSSR count). The number of nitrogens with one attached hydrogen (secondary N) is 1. The molecule has 0 aromatic heterocycles. The highest BCUT2D eigenvalue weighted by atomic mass is 16.6. The number of hydrogen-bond acceptors (Lipinski definition) is 5. The lowest BCUT2D eigenvalue weighted by Gasteiger charge is -2.23. The molecule has 0 atom stereocenters. The van der Waals surface area contributed by atoms with Crippen LogP contribution in [0.5, 0.6) is 5.75 Å². The summed E-state index contributed by atoms with van der Waals surface area (Å²) in [5.74, 6) is 0.171. The van der Waals surface area contributed by atoms with E-state index in [1.54, 1.807) is 12.1 Å². The third-order valence-corrected chi connectivity index (χ3v) is 3.75. The van der Waals surface area contributed by atoms with Crippen molar-refractivity contribution in [3.8, 4) is 5.75 Å². The van der Waals surface area contributed by atoms with Gasteiger partial charge >= 0.3 is 12.1 Å². The number of methoxy groups -OCH3 is 1. The van der Waals surface area contributed by atoms with Gasteiger partial charge in [-0.25, -0.2) is 9.59 Å². The minimum atomic E-state index is -0.534. The number of amides is 1. The fourth-order valence-corrected chi connectivity index (χ4v) is 2.22. The summed E-state index contributed by atoms with van der Waals surface area (Å²) in [6, 6.07) is 5.26. The molecule has 0 bridgehead atoms. The summed E-state index contributed by atoms with van der Waals surface area (Å²) in [5, 5.41) is 2.88. The summed E-state index contributed by atoms with van der Waals surface area (Å²) in [6.07, 6.45) is 1.23. The van der Waals surface area contributed by atoms with Crippen LogP contribution >= 0.6 is 0 Å². The maximum Gasteiger partial charge on any atom is 0.408 e. The van der Waals surface area contributed by atoms with Gasteiger partial charge in [0.15, 0.2) is 0 Å². The van der Waals surface area contributed by atoms with E-state index in [2.05, 4.69) is 5.32 Å². The molecule has 1 aromatic rings. The number of carbonyl (C=O) groups is 2. The van der Waals surface area contributed by atoms with E-state index in [1.807, 2.05) is 33.8 Å². The van der Waals surface area contributed by atoms with Crippen LogP contribution in [0.25, 0.3) is 0 Å². The first kappa shape index (κ1) is 18.1. The Morgan fingerprint density at radius 2 is 1.92 bits per heavy atom. The fraction of sp³-hybridized carbons (Fsp3) is 0.556. The summed E-state index contributed by atoms with van der Waals surface area (Å²) in [7, 11) is 1.35. The third-order valence-electron chi connectivity index (χ3n) is 3.75. The minimum Gasteiger partial charge on any atom is -0.491 e. The molecule has 0 spiro atoms. The molecule has 0 saturated heterocycles. The average molecular weight is 335 g/mol. The predicted octanol–water partition coefficient (Wildman–Crippen LogP) is 3.22. The first-order valence-electron chi connectivity index (χ1n) is 7.97. The Labute approximate surface area is 142 Å². The lowest BCUT2D eigenvalue weighted by atomic mass is 10.1. The zero-order valence-electron chi connectivity index (χ0n) is 14.9. The van der Waals surface area contributed by atoms with E-state index >= 15 is 0 Å². The van der Waals surface area contributed by atoms with E-state index in [0.29, 0.717) is 17.9 Å². The van der Waals surface area contributed by atoms with Crippen LogP contribution in [0.4, 0.5) is 4.79 Å². The number of carbonyl (C=O) groups excluding carboxylic acids is 2. The Balaban J connectivity index is 1.96. The van der Waals surface area contributed by atoms with Crippen LogP contribution in [-0.4, -0.2) is 36.9 Å². The van der Waals surface area contributed by atoms with Gasteiger partial charge in [0, 0.05) is 0 Å². The summed E-state index contributed by atoms with van der Waals surface area (Å²) < 4.78 is 15.8.